The maximum atomic E-state index is 12.7. The second kappa shape index (κ2) is 7.27. The first-order valence-electron chi connectivity index (χ1n) is 8.43. The lowest BCUT2D eigenvalue weighted by Gasteiger charge is -2.17. The molecule has 1 aliphatic heterocycles. The molecule has 2 amide bonds. The maximum absolute atomic E-state index is 12.7. The first-order valence-corrected chi connectivity index (χ1v) is 8.80. The average Bonchev–Trinajstić information content (AvgIpc) is 2.96. The number of carbonyl (C=O) groups is 2. The van der Waals surface area contributed by atoms with E-state index in [-0.39, 0.29) is 17.9 Å². The van der Waals surface area contributed by atoms with Crippen molar-refractivity contribution < 1.29 is 9.59 Å². The molecule has 3 rings (SSSR count). The third kappa shape index (κ3) is 3.85. The molecule has 2 aromatic rings. The Morgan fingerprint density at radius 1 is 1.16 bits per heavy atom. The normalized spacial score (nSPS) is 13.4. The Morgan fingerprint density at radius 3 is 2.56 bits per heavy atom. The maximum Gasteiger partial charge on any atom is 0.287 e. The van der Waals surface area contributed by atoms with Gasteiger partial charge >= 0.3 is 0 Å². The van der Waals surface area contributed by atoms with E-state index in [2.05, 4.69) is 15.6 Å². The summed E-state index contributed by atoms with van der Waals surface area (Å²) in [5, 5.41) is 6.27. The number of anilines is 1. The summed E-state index contributed by atoms with van der Waals surface area (Å²) in [6, 6.07) is 6.89. The van der Waals surface area contributed by atoms with Crippen molar-refractivity contribution in [3.8, 4) is 0 Å². The van der Waals surface area contributed by atoms with Gasteiger partial charge in [0.2, 0.25) is 0 Å². The summed E-state index contributed by atoms with van der Waals surface area (Å²) in [6.45, 7) is 4.50. The third-order valence-corrected chi connectivity index (χ3v) is 4.31. The number of rotatable bonds is 4. The van der Waals surface area contributed by atoms with E-state index < -0.39 is 0 Å². The monoisotopic (exact) mass is 360 g/mol. The topological polar surface area (TPSA) is 76.0 Å². The van der Waals surface area contributed by atoms with Gasteiger partial charge in [-0.25, -0.2) is 4.98 Å². The van der Waals surface area contributed by atoms with Crippen molar-refractivity contribution in [1.82, 2.24) is 14.9 Å². The molecule has 0 atom stereocenters. The Bertz CT molecular complexity index is 796. The van der Waals surface area contributed by atoms with Gasteiger partial charge in [0.1, 0.15) is 0 Å². The minimum atomic E-state index is -0.309. The number of fused-ring (bicyclic) bond motifs is 1. The van der Waals surface area contributed by atoms with Crippen LogP contribution in [0.4, 0.5) is 5.69 Å². The number of nitrogens with one attached hydrogen (secondary N) is 2. The van der Waals surface area contributed by atoms with Gasteiger partial charge in [0, 0.05) is 23.3 Å². The molecule has 132 valence electrons. The summed E-state index contributed by atoms with van der Waals surface area (Å²) < 4.78 is 1.87. The van der Waals surface area contributed by atoms with Gasteiger partial charge < -0.3 is 15.2 Å². The van der Waals surface area contributed by atoms with Crippen LogP contribution in [-0.2, 0) is 13.0 Å². The fourth-order valence-electron chi connectivity index (χ4n) is 2.95. The van der Waals surface area contributed by atoms with Crippen molar-refractivity contribution >= 4 is 29.1 Å². The van der Waals surface area contributed by atoms with Gasteiger partial charge in [-0.1, -0.05) is 11.6 Å². The Kier molecular flexibility index (Phi) is 5.08. The molecule has 2 N–H and O–H groups in total. The van der Waals surface area contributed by atoms with Crippen LogP contribution in [0.1, 0.15) is 53.5 Å². The third-order valence-electron chi connectivity index (χ3n) is 4.06. The highest BCUT2D eigenvalue weighted by atomic mass is 35.5. The van der Waals surface area contributed by atoms with Crippen LogP contribution in [0, 0.1) is 0 Å². The van der Waals surface area contributed by atoms with Crippen LogP contribution in [0.3, 0.4) is 0 Å². The van der Waals surface area contributed by atoms with Crippen molar-refractivity contribution in [2.45, 2.75) is 45.7 Å². The summed E-state index contributed by atoms with van der Waals surface area (Å²) in [4.78, 5) is 29.5. The first-order chi connectivity index (χ1) is 12.0. The Balaban J connectivity index is 1.90. The molecule has 2 heterocycles. The number of aromatic nitrogens is 2. The van der Waals surface area contributed by atoms with Crippen molar-refractivity contribution in [1.29, 1.82) is 0 Å². The first kappa shape index (κ1) is 17.5. The highest BCUT2D eigenvalue weighted by Gasteiger charge is 2.27. The zero-order valence-electron chi connectivity index (χ0n) is 14.3. The fraction of sp³-hybridized carbons (Fsp3) is 0.389. The summed E-state index contributed by atoms with van der Waals surface area (Å²) in [5.74, 6) is -0.245. The summed E-state index contributed by atoms with van der Waals surface area (Å²) in [6.07, 6.45) is 2.70. The molecular weight excluding hydrogens is 340 g/mol. The lowest BCUT2D eigenvalue weighted by atomic mass is 10.1. The van der Waals surface area contributed by atoms with Crippen molar-refractivity contribution in [3.63, 3.8) is 0 Å². The molecule has 0 spiro atoms. The number of nitrogens with zero attached hydrogens (tertiary/aromatic N) is 2. The largest absolute Gasteiger partial charge is 0.347 e. The molecule has 6 nitrogen and oxygen atoms in total. The molecule has 0 unspecified atom stereocenters. The van der Waals surface area contributed by atoms with Crippen LogP contribution in [0.5, 0.6) is 0 Å². The number of benzene rings is 1. The minimum Gasteiger partial charge on any atom is -0.347 e. The summed E-state index contributed by atoms with van der Waals surface area (Å²) in [5.41, 5.74) is 1.79. The molecule has 0 bridgehead atoms. The zero-order valence-corrected chi connectivity index (χ0v) is 15.1. The van der Waals surface area contributed by atoms with Crippen LogP contribution in [0.25, 0.3) is 0 Å². The number of carbonyl (C=O) groups excluding carboxylic acids is 2. The molecule has 0 fully saturated rings. The van der Waals surface area contributed by atoms with Gasteiger partial charge in [0.05, 0.1) is 5.69 Å². The molecule has 0 aliphatic carbocycles. The number of hydrogen-bond donors (Lipinski definition) is 2. The van der Waals surface area contributed by atoms with Crippen molar-refractivity contribution in [2.24, 2.45) is 0 Å². The smallest absolute Gasteiger partial charge is 0.287 e. The van der Waals surface area contributed by atoms with E-state index in [1.54, 1.807) is 24.3 Å². The second-order valence-corrected chi connectivity index (χ2v) is 6.87. The summed E-state index contributed by atoms with van der Waals surface area (Å²) >= 11 is 5.87. The fourth-order valence-corrected chi connectivity index (χ4v) is 3.07. The van der Waals surface area contributed by atoms with E-state index in [0.717, 1.165) is 25.0 Å². The molecule has 1 aromatic carbocycles. The highest BCUT2D eigenvalue weighted by molar-refractivity contribution is 6.30. The second-order valence-electron chi connectivity index (χ2n) is 6.43. The van der Waals surface area contributed by atoms with E-state index in [1.165, 1.54) is 0 Å². The SMILES string of the molecule is CC(C)NC(=O)c1nc(C(=O)Nc2ccc(Cl)cc2)c2n1CCCC2. The predicted octanol–water partition coefficient (Wildman–Crippen LogP) is 3.26. The van der Waals surface area contributed by atoms with Crippen LogP contribution in [0.15, 0.2) is 24.3 Å². The van der Waals surface area contributed by atoms with Crippen LogP contribution >= 0.6 is 11.6 Å². The van der Waals surface area contributed by atoms with Crippen LogP contribution < -0.4 is 10.6 Å². The number of amides is 2. The van der Waals surface area contributed by atoms with Crippen molar-refractivity contribution in [2.75, 3.05) is 5.32 Å². The van der Waals surface area contributed by atoms with Gasteiger partial charge in [-0.15, -0.1) is 0 Å². The molecule has 0 saturated heterocycles. The predicted molar refractivity (Wildman–Crippen MR) is 97.2 cm³/mol. The van der Waals surface area contributed by atoms with Gasteiger partial charge in [-0.3, -0.25) is 9.59 Å². The standard InChI is InChI=1S/C18H21ClN4O2/c1-11(2)20-18(25)16-22-15(14-5-3-4-10-23(14)16)17(24)21-13-8-6-12(19)7-9-13/h6-9,11H,3-5,10H2,1-2H3,(H,20,25)(H,21,24). The zero-order chi connectivity index (χ0) is 18.0. The van der Waals surface area contributed by atoms with Crippen LogP contribution in [0.2, 0.25) is 5.02 Å². The molecule has 0 saturated carbocycles. The van der Waals surface area contributed by atoms with E-state index in [1.807, 2.05) is 18.4 Å². The van der Waals surface area contributed by atoms with Gasteiger partial charge in [0.15, 0.2) is 11.5 Å². The van der Waals surface area contributed by atoms with E-state index in [0.29, 0.717) is 28.8 Å². The van der Waals surface area contributed by atoms with Crippen LogP contribution in [-0.4, -0.2) is 27.4 Å². The molecule has 1 aromatic heterocycles. The Hall–Kier alpha value is -2.34. The number of hydrogen-bond acceptors (Lipinski definition) is 3. The van der Waals surface area contributed by atoms with Gasteiger partial charge in [-0.2, -0.15) is 0 Å². The Morgan fingerprint density at radius 2 is 1.88 bits per heavy atom. The quantitative estimate of drug-likeness (QED) is 0.878. The van der Waals surface area contributed by atoms with Gasteiger partial charge in [0.25, 0.3) is 11.8 Å². The van der Waals surface area contributed by atoms with Crippen molar-refractivity contribution in [3.05, 3.63) is 46.5 Å². The van der Waals surface area contributed by atoms with E-state index in [9.17, 15) is 9.59 Å². The molecule has 7 heteroatoms. The van der Waals surface area contributed by atoms with E-state index >= 15 is 0 Å². The summed E-state index contributed by atoms with van der Waals surface area (Å²) in [7, 11) is 0. The highest BCUT2D eigenvalue weighted by Crippen LogP contribution is 2.22. The van der Waals surface area contributed by atoms with Gasteiger partial charge in [-0.05, 0) is 57.4 Å². The average molecular weight is 361 g/mol. The molecule has 1 aliphatic rings. The number of imidazole rings is 1. The molecule has 0 radical (unpaired) electrons. The lowest BCUT2D eigenvalue weighted by Crippen LogP contribution is -2.33. The Labute approximate surface area is 151 Å². The minimum absolute atomic E-state index is 0.00962. The molecule has 25 heavy (non-hydrogen) atoms. The molecular formula is C18H21ClN4O2. The lowest BCUT2D eigenvalue weighted by molar-refractivity contribution is 0.0927. The van der Waals surface area contributed by atoms with E-state index in [4.69, 9.17) is 11.6 Å². The number of halogens is 1.